The van der Waals surface area contributed by atoms with E-state index in [9.17, 15) is 4.79 Å². The predicted molar refractivity (Wildman–Crippen MR) is 79.3 cm³/mol. The lowest BCUT2D eigenvalue weighted by atomic mass is 10.2. The molecule has 2 heterocycles. The van der Waals surface area contributed by atoms with E-state index in [0.717, 1.165) is 28.0 Å². The Morgan fingerprint density at radius 2 is 2.05 bits per heavy atom. The van der Waals surface area contributed by atoms with Crippen LogP contribution >= 0.6 is 0 Å². The van der Waals surface area contributed by atoms with Crippen molar-refractivity contribution in [2.75, 3.05) is 0 Å². The molecule has 0 aliphatic carbocycles. The van der Waals surface area contributed by atoms with Crippen molar-refractivity contribution in [3.63, 3.8) is 0 Å². The van der Waals surface area contributed by atoms with Gasteiger partial charge in [0.2, 0.25) is 0 Å². The molecule has 102 valence electrons. The molecule has 5 heteroatoms. The molecule has 0 saturated heterocycles. The van der Waals surface area contributed by atoms with E-state index in [1.54, 1.807) is 19.3 Å². The van der Waals surface area contributed by atoms with Gasteiger partial charge in [0.25, 0.3) is 5.56 Å². The van der Waals surface area contributed by atoms with Crippen molar-refractivity contribution >= 4 is 11.0 Å². The van der Waals surface area contributed by atoms with Crippen molar-refractivity contribution in [3.8, 4) is 11.4 Å². The van der Waals surface area contributed by atoms with Crippen LogP contribution in [0.4, 0.5) is 0 Å². The summed E-state index contributed by atoms with van der Waals surface area (Å²) in [4.78, 5) is 16.4. The number of nitrogens with two attached hydrogens (primary N) is 1. The monoisotopic (exact) mass is 268 g/mol. The third-order valence-electron chi connectivity index (χ3n) is 3.58. The predicted octanol–water partition coefficient (Wildman–Crippen LogP) is 1.40. The minimum atomic E-state index is -0.0476. The molecule has 3 rings (SSSR count). The lowest BCUT2D eigenvalue weighted by Gasteiger charge is -2.03. The quantitative estimate of drug-likeness (QED) is 0.764. The average Bonchev–Trinajstić information content (AvgIpc) is 2.79. The summed E-state index contributed by atoms with van der Waals surface area (Å²) < 4.78 is 3.53. The van der Waals surface area contributed by atoms with E-state index in [2.05, 4.69) is 4.98 Å². The molecule has 3 aromatic rings. The first-order valence-electron chi connectivity index (χ1n) is 6.43. The maximum absolute atomic E-state index is 11.8. The second-order valence-electron chi connectivity index (χ2n) is 4.85. The topological polar surface area (TPSA) is 65.8 Å². The van der Waals surface area contributed by atoms with Gasteiger partial charge >= 0.3 is 0 Å². The summed E-state index contributed by atoms with van der Waals surface area (Å²) >= 11 is 0. The zero-order valence-corrected chi connectivity index (χ0v) is 11.5. The molecule has 0 bridgehead atoms. The van der Waals surface area contributed by atoms with E-state index in [-0.39, 0.29) is 5.56 Å². The highest BCUT2D eigenvalue weighted by molar-refractivity contribution is 5.83. The Labute approximate surface area is 116 Å². The Bertz CT molecular complexity index is 845. The molecule has 0 fully saturated rings. The number of hydrogen-bond acceptors (Lipinski definition) is 3. The van der Waals surface area contributed by atoms with Crippen LogP contribution in [0.25, 0.3) is 22.4 Å². The fourth-order valence-electron chi connectivity index (χ4n) is 2.38. The van der Waals surface area contributed by atoms with Gasteiger partial charge in [0, 0.05) is 38.5 Å². The zero-order chi connectivity index (χ0) is 14.3. The highest BCUT2D eigenvalue weighted by Gasteiger charge is 2.12. The van der Waals surface area contributed by atoms with E-state index >= 15 is 0 Å². The van der Waals surface area contributed by atoms with Gasteiger partial charge in [-0.1, -0.05) is 12.1 Å². The van der Waals surface area contributed by atoms with Gasteiger partial charge in [0.1, 0.15) is 5.82 Å². The maximum atomic E-state index is 11.8. The highest BCUT2D eigenvalue weighted by atomic mass is 16.1. The van der Waals surface area contributed by atoms with Crippen LogP contribution in [0.5, 0.6) is 0 Å². The molecular weight excluding hydrogens is 252 g/mol. The summed E-state index contributed by atoms with van der Waals surface area (Å²) in [6.45, 7) is 0.449. The van der Waals surface area contributed by atoms with E-state index in [4.69, 9.17) is 5.73 Å². The minimum absolute atomic E-state index is 0.0476. The number of aryl methyl sites for hydroxylation is 2. The van der Waals surface area contributed by atoms with Gasteiger partial charge < -0.3 is 14.9 Å². The van der Waals surface area contributed by atoms with E-state index in [1.165, 1.54) is 4.57 Å². The minimum Gasteiger partial charge on any atom is -0.327 e. The molecule has 0 saturated carbocycles. The maximum Gasteiger partial charge on any atom is 0.250 e. The molecule has 0 unspecified atom stereocenters. The molecule has 2 N–H and O–H groups in total. The van der Waals surface area contributed by atoms with Crippen LogP contribution in [-0.4, -0.2) is 14.1 Å². The number of rotatable bonds is 2. The van der Waals surface area contributed by atoms with Crippen molar-refractivity contribution in [2.24, 2.45) is 19.8 Å². The average molecular weight is 268 g/mol. The molecule has 2 aromatic heterocycles. The van der Waals surface area contributed by atoms with Gasteiger partial charge in [0.15, 0.2) is 0 Å². The Balaban J connectivity index is 2.29. The van der Waals surface area contributed by atoms with Crippen molar-refractivity contribution in [1.82, 2.24) is 14.1 Å². The first-order valence-corrected chi connectivity index (χ1v) is 6.43. The summed E-state index contributed by atoms with van der Waals surface area (Å²) in [5, 5.41) is 0. The largest absolute Gasteiger partial charge is 0.327 e. The van der Waals surface area contributed by atoms with Gasteiger partial charge in [-0.25, -0.2) is 4.98 Å². The molecule has 1 aromatic carbocycles. The number of benzene rings is 1. The van der Waals surface area contributed by atoms with Crippen LogP contribution in [0.15, 0.2) is 41.3 Å². The number of hydrogen-bond donors (Lipinski definition) is 1. The lowest BCUT2D eigenvalue weighted by molar-refractivity contribution is 0.858. The van der Waals surface area contributed by atoms with Crippen LogP contribution in [0, 0.1) is 0 Å². The number of nitrogens with zero attached hydrogens (tertiary/aromatic N) is 3. The van der Waals surface area contributed by atoms with Crippen LogP contribution in [0.1, 0.15) is 5.56 Å². The molecule has 0 amide bonds. The first-order chi connectivity index (χ1) is 9.61. The lowest BCUT2D eigenvalue weighted by Crippen LogP contribution is -2.14. The standard InChI is InChI=1S/C15H16N4O/c1-18-7-6-10(8-13(18)20)15-17-14-11(9-16)4-3-5-12(14)19(15)2/h3-8H,9,16H2,1-2H3. The molecule has 0 spiro atoms. The van der Waals surface area contributed by atoms with Gasteiger partial charge in [-0.05, 0) is 17.7 Å². The molecule has 0 aliphatic heterocycles. The summed E-state index contributed by atoms with van der Waals surface area (Å²) in [5.74, 6) is 0.776. The van der Waals surface area contributed by atoms with Crippen LogP contribution in [0.2, 0.25) is 0 Å². The third-order valence-corrected chi connectivity index (χ3v) is 3.58. The number of imidazole rings is 1. The highest BCUT2D eigenvalue weighted by Crippen LogP contribution is 2.24. The molecule has 0 aliphatic rings. The van der Waals surface area contributed by atoms with Gasteiger partial charge in [-0.2, -0.15) is 0 Å². The Kier molecular flexibility index (Phi) is 2.91. The number of para-hydroxylation sites is 1. The summed E-state index contributed by atoms with van der Waals surface area (Å²) in [6.07, 6.45) is 1.75. The number of pyridine rings is 1. The van der Waals surface area contributed by atoms with E-state index in [1.807, 2.05) is 35.9 Å². The Morgan fingerprint density at radius 1 is 1.25 bits per heavy atom. The molecule has 0 atom stereocenters. The zero-order valence-electron chi connectivity index (χ0n) is 11.5. The molecule has 20 heavy (non-hydrogen) atoms. The fourth-order valence-corrected chi connectivity index (χ4v) is 2.38. The summed E-state index contributed by atoms with van der Waals surface area (Å²) in [5.41, 5.74) is 9.44. The second kappa shape index (κ2) is 4.61. The summed E-state index contributed by atoms with van der Waals surface area (Å²) in [7, 11) is 3.68. The van der Waals surface area contributed by atoms with Crippen molar-refractivity contribution in [3.05, 3.63) is 52.4 Å². The normalized spacial score (nSPS) is 11.2. The Hall–Kier alpha value is -2.40. The van der Waals surface area contributed by atoms with Crippen LogP contribution in [-0.2, 0) is 20.6 Å². The molecule has 0 radical (unpaired) electrons. The molecule has 5 nitrogen and oxygen atoms in total. The van der Waals surface area contributed by atoms with Gasteiger partial charge in [-0.15, -0.1) is 0 Å². The smallest absolute Gasteiger partial charge is 0.250 e. The summed E-state index contributed by atoms with van der Waals surface area (Å²) in [6, 6.07) is 9.45. The van der Waals surface area contributed by atoms with Crippen LogP contribution in [0.3, 0.4) is 0 Å². The number of fused-ring (bicyclic) bond motifs is 1. The van der Waals surface area contributed by atoms with Crippen LogP contribution < -0.4 is 11.3 Å². The van der Waals surface area contributed by atoms with Crippen molar-refractivity contribution in [2.45, 2.75) is 6.54 Å². The third kappa shape index (κ3) is 1.83. The van der Waals surface area contributed by atoms with Gasteiger partial charge in [0.05, 0.1) is 11.0 Å². The van der Waals surface area contributed by atoms with Gasteiger partial charge in [-0.3, -0.25) is 4.79 Å². The fraction of sp³-hybridized carbons (Fsp3) is 0.200. The van der Waals surface area contributed by atoms with E-state index in [0.29, 0.717) is 6.54 Å². The second-order valence-corrected chi connectivity index (χ2v) is 4.85. The van der Waals surface area contributed by atoms with Crippen molar-refractivity contribution in [1.29, 1.82) is 0 Å². The number of aromatic nitrogens is 3. The SMILES string of the molecule is Cn1ccc(-c2nc3c(CN)cccc3n2C)cc1=O. The van der Waals surface area contributed by atoms with Crippen molar-refractivity contribution < 1.29 is 0 Å². The first kappa shape index (κ1) is 12.6. The Morgan fingerprint density at radius 3 is 2.75 bits per heavy atom. The van der Waals surface area contributed by atoms with E-state index < -0.39 is 0 Å². The molecular formula is C15H16N4O.